The number of anilines is 2. The Morgan fingerprint density at radius 2 is 1.82 bits per heavy atom. The molecule has 0 aliphatic carbocycles. The van der Waals surface area contributed by atoms with Gasteiger partial charge in [-0.25, -0.2) is 0 Å². The molecule has 0 radical (unpaired) electrons. The van der Waals surface area contributed by atoms with Crippen molar-refractivity contribution in [3.8, 4) is 5.75 Å². The molecule has 0 unspecified atom stereocenters. The Hall–Kier alpha value is -2.57. The molecule has 2 aromatic carbocycles. The van der Waals surface area contributed by atoms with Gasteiger partial charge in [0.25, 0.3) is 5.91 Å². The third-order valence-electron chi connectivity index (χ3n) is 4.74. The van der Waals surface area contributed by atoms with E-state index in [-0.39, 0.29) is 11.8 Å². The Labute approximate surface area is 169 Å². The Bertz CT molecular complexity index is 879. The number of aryl methyl sites for hydroxylation is 1. The van der Waals surface area contributed by atoms with Crippen LogP contribution in [0.25, 0.3) is 0 Å². The number of methoxy groups -OCH3 is 1. The van der Waals surface area contributed by atoms with E-state index in [0.29, 0.717) is 34.3 Å². The molecular weight excluding hydrogens is 378 g/mol. The molecule has 0 spiro atoms. The number of carbonyl (C=O) groups is 2. The van der Waals surface area contributed by atoms with Crippen molar-refractivity contribution >= 4 is 34.8 Å². The third-order valence-corrected chi connectivity index (χ3v) is 5.15. The number of halogens is 1. The number of rotatable bonds is 6. The van der Waals surface area contributed by atoms with Crippen molar-refractivity contribution in [2.24, 2.45) is 0 Å². The second-order valence-corrected chi connectivity index (χ2v) is 7.24. The monoisotopic (exact) mass is 401 g/mol. The molecule has 3 rings (SSSR count). The topological polar surface area (TPSA) is 70.7 Å². The lowest BCUT2D eigenvalue weighted by Crippen LogP contribution is -2.31. The van der Waals surface area contributed by atoms with E-state index in [9.17, 15) is 9.59 Å². The van der Waals surface area contributed by atoms with Crippen LogP contribution in [0.3, 0.4) is 0 Å². The predicted molar refractivity (Wildman–Crippen MR) is 111 cm³/mol. The maximum absolute atomic E-state index is 12.9. The maximum atomic E-state index is 12.9. The highest BCUT2D eigenvalue weighted by Gasteiger charge is 2.18. The van der Waals surface area contributed by atoms with Crippen molar-refractivity contribution in [1.82, 2.24) is 4.90 Å². The van der Waals surface area contributed by atoms with E-state index in [1.54, 1.807) is 36.4 Å². The van der Waals surface area contributed by atoms with Crippen LogP contribution in [0.2, 0.25) is 5.02 Å². The average Bonchev–Trinajstić information content (AvgIpc) is 3.17. The summed E-state index contributed by atoms with van der Waals surface area (Å²) in [7, 11) is 1.52. The van der Waals surface area contributed by atoms with Gasteiger partial charge in [0.2, 0.25) is 5.91 Å². The van der Waals surface area contributed by atoms with Crippen LogP contribution < -0.4 is 15.4 Å². The van der Waals surface area contributed by atoms with Crippen LogP contribution in [0.5, 0.6) is 5.75 Å². The van der Waals surface area contributed by atoms with Crippen molar-refractivity contribution in [1.29, 1.82) is 0 Å². The SMILES string of the molecule is COc1cc(Cl)c(C)cc1NC(=O)c1ccccc1NC(=O)CN1CCCC1. The molecule has 0 aromatic heterocycles. The van der Waals surface area contributed by atoms with E-state index < -0.39 is 0 Å². The fourth-order valence-corrected chi connectivity index (χ4v) is 3.40. The van der Waals surface area contributed by atoms with Gasteiger partial charge < -0.3 is 15.4 Å². The summed E-state index contributed by atoms with van der Waals surface area (Å²) >= 11 is 6.13. The van der Waals surface area contributed by atoms with Crippen LogP contribution in [0.1, 0.15) is 28.8 Å². The van der Waals surface area contributed by atoms with Crippen LogP contribution in [0, 0.1) is 6.92 Å². The van der Waals surface area contributed by atoms with Crippen molar-refractivity contribution in [2.75, 3.05) is 37.4 Å². The highest BCUT2D eigenvalue weighted by atomic mass is 35.5. The van der Waals surface area contributed by atoms with E-state index in [4.69, 9.17) is 16.3 Å². The van der Waals surface area contributed by atoms with Crippen LogP contribution in [-0.2, 0) is 4.79 Å². The molecule has 0 atom stereocenters. The van der Waals surface area contributed by atoms with E-state index >= 15 is 0 Å². The number of amides is 2. The van der Waals surface area contributed by atoms with Crippen molar-refractivity contribution in [3.05, 3.63) is 52.5 Å². The molecule has 1 heterocycles. The fraction of sp³-hybridized carbons (Fsp3) is 0.333. The Kier molecular flexibility index (Phi) is 6.54. The van der Waals surface area contributed by atoms with Gasteiger partial charge >= 0.3 is 0 Å². The second-order valence-electron chi connectivity index (χ2n) is 6.83. The summed E-state index contributed by atoms with van der Waals surface area (Å²) in [6, 6.07) is 10.4. The molecule has 6 nitrogen and oxygen atoms in total. The summed E-state index contributed by atoms with van der Waals surface area (Å²) < 4.78 is 5.31. The highest BCUT2D eigenvalue weighted by molar-refractivity contribution is 6.31. The number of benzene rings is 2. The zero-order chi connectivity index (χ0) is 20.1. The van der Waals surface area contributed by atoms with Gasteiger partial charge in [-0.1, -0.05) is 23.7 Å². The first-order chi connectivity index (χ1) is 13.5. The molecule has 0 bridgehead atoms. The lowest BCUT2D eigenvalue weighted by Gasteiger charge is -2.16. The molecule has 2 aromatic rings. The number of carbonyl (C=O) groups excluding carboxylic acids is 2. The first-order valence-corrected chi connectivity index (χ1v) is 9.62. The number of para-hydroxylation sites is 1. The minimum atomic E-state index is -0.336. The van der Waals surface area contributed by atoms with Crippen LogP contribution in [0.4, 0.5) is 11.4 Å². The Morgan fingerprint density at radius 3 is 2.54 bits per heavy atom. The van der Waals surface area contributed by atoms with Crippen molar-refractivity contribution in [3.63, 3.8) is 0 Å². The number of nitrogens with one attached hydrogen (secondary N) is 2. The molecule has 0 saturated carbocycles. The maximum Gasteiger partial charge on any atom is 0.257 e. The molecule has 1 fully saturated rings. The minimum Gasteiger partial charge on any atom is -0.495 e. The quantitative estimate of drug-likeness (QED) is 0.769. The number of likely N-dealkylation sites (tertiary alicyclic amines) is 1. The van der Waals surface area contributed by atoms with E-state index in [1.807, 2.05) is 6.92 Å². The second kappa shape index (κ2) is 9.08. The third kappa shape index (κ3) is 4.82. The van der Waals surface area contributed by atoms with Gasteiger partial charge in [0.15, 0.2) is 0 Å². The summed E-state index contributed by atoms with van der Waals surface area (Å²) in [5.74, 6) is 0.0127. The van der Waals surface area contributed by atoms with E-state index in [0.717, 1.165) is 31.5 Å². The minimum absolute atomic E-state index is 0.123. The Morgan fingerprint density at radius 1 is 1.11 bits per heavy atom. The lowest BCUT2D eigenvalue weighted by molar-refractivity contribution is -0.117. The van der Waals surface area contributed by atoms with Crippen molar-refractivity contribution in [2.45, 2.75) is 19.8 Å². The Balaban J connectivity index is 1.75. The van der Waals surface area contributed by atoms with Gasteiger partial charge in [0.1, 0.15) is 5.75 Å². The molecule has 1 aliphatic rings. The molecule has 1 saturated heterocycles. The van der Waals surface area contributed by atoms with Gasteiger partial charge in [-0.05, 0) is 56.6 Å². The van der Waals surface area contributed by atoms with E-state index in [2.05, 4.69) is 15.5 Å². The normalized spacial score (nSPS) is 14.0. The standard InChI is InChI=1S/C21H24ClN3O3/c1-14-11-18(19(28-2)12-16(14)22)24-21(27)15-7-3-4-8-17(15)23-20(26)13-25-9-5-6-10-25/h3-4,7-8,11-12H,5-6,9-10,13H2,1-2H3,(H,23,26)(H,24,27). The largest absolute Gasteiger partial charge is 0.495 e. The van der Waals surface area contributed by atoms with Crippen LogP contribution >= 0.6 is 11.6 Å². The molecular formula is C21H24ClN3O3. The first-order valence-electron chi connectivity index (χ1n) is 9.24. The van der Waals surface area contributed by atoms with Gasteiger partial charge in [-0.3, -0.25) is 14.5 Å². The molecule has 148 valence electrons. The zero-order valence-electron chi connectivity index (χ0n) is 16.0. The lowest BCUT2D eigenvalue weighted by atomic mass is 10.1. The highest BCUT2D eigenvalue weighted by Crippen LogP contribution is 2.31. The van der Waals surface area contributed by atoms with E-state index in [1.165, 1.54) is 7.11 Å². The summed E-state index contributed by atoms with van der Waals surface area (Å²) in [6.07, 6.45) is 2.24. The van der Waals surface area contributed by atoms with Gasteiger partial charge in [0.05, 0.1) is 30.6 Å². The van der Waals surface area contributed by atoms with Crippen LogP contribution in [0.15, 0.2) is 36.4 Å². The van der Waals surface area contributed by atoms with Gasteiger partial charge in [-0.15, -0.1) is 0 Å². The summed E-state index contributed by atoms with van der Waals surface area (Å²) in [5.41, 5.74) is 2.21. The van der Waals surface area contributed by atoms with Gasteiger partial charge in [-0.2, -0.15) is 0 Å². The molecule has 2 N–H and O–H groups in total. The smallest absolute Gasteiger partial charge is 0.257 e. The first kappa shape index (κ1) is 20.2. The predicted octanol–water partition coefficient (Wildman–Crippen LogP) is 3.94. The molecule has 1 aliphatic heterocycles. The van der Waals surface area contributed by atoms with Crippen molar-refractivity contribution < 1.29 is 14.3 Å². The number of hydrogen-bond donors (Lipinski definition) is 2. The summed E-state index contributed by atoms with van der Waals surface area (Å²) in [4.78, 5) is 27.3. The average molecular weight is 402 g/mol. The molecule has 2 amide bonds. The summed E-state index contributed by atoms with van der Waals surface area (Å²) in [6.45, 7) is 4.06. The molecule has 7 heteroatoms. The van der Waals surface area contributed by atoms with Gasteiger partial charge in [0, 0.05) is 11.1 Å². The molecule has 28 heavy (non-hydrogen) atoms. The number of ether oxygens (including phenoxy) is 1. The fourth-order valence-electron chi connectivity index (χ4n) is 3.24. The summed E-state index contributed by atoms with van der Waals surface area (Å²) in [5, 5.41) is 6.27. The number of hydrogen-bond acceptors (Lipinski definition) is 4. The number of nitrogens with zero attached hydrogens (tertiary/aromatic N) is 1. The van der Waals surface area contributed by atoms with Crippen LogP contribution in [-0.4, -0.2) is 43.5 Å². The zero-order valence-corrected chi connectivity index (χ0v) is 16.8.